The van der Waals surface area contributed by atoms with E-state index >= 15 is 0 Å². The van der Waals surface area contributed by atoms with Gasteiger partial charge in [-0.15, -0.1) is 22.4 Å². The van der Waals surface area contributed by atoms with Crippen LogP contribution in [-0.2, 0) is 0 Å². The molecule has 0 atom stereocenters. The van der Waals surface area contributed by atoms with Crippen LogP contribution in [0.2, 0.25) is 0 Å². The van der Waals surface area contributed by atoms with Crippen molar-refractivity contribution in [1.29, 1.82) is 0 Å². The van der Waals surface area contributed by atoms with Gasteiger partial charge in [0.2, 0.25) is 0 Å². The first-order chi connectivity index (χ1) is 5.15. The molecule has 0 radical (unpaired) electrons. The highest BCUT2D eigenvalue weighted by atomic mass is 35.5. The fourth-order valence-electron chi connectivity index (χ4n) is 0.677. The number of rotatable bonds is 1. The Morgan fingerprint density at radius 2 is 2.36 bits per heavy atom. The van der Waals surface area contributed by atoms with Crippen molar-refractivity contribution in [1.82, 2.24) is 10.1 Å². The number of thiol groups is 1. The van der Waals surface area contributed by atoms with E-state index in [1.54, 1.807) is 0 Å². The number of hydrogen-bond acceptors (Lipinski definition) is 4. The third-order valence-corrected chi connectivity index (χ3v) is 2.26. The summed E-state index contributed by atoms with van der Waals surface area (Å²) >= 11 is 15.4. The van der Waals surface area contributed by atoms with E-state index in [9.17, 15) is 0 Å². The number of nitrogens with zero attached hydrogens (tertiary/aromatic N) is 2. The van der Waals surface area contributed by atoms with Crippen LogP contribution in [0.25, 0.3) is 0 Å². The van der Waals surface area contributed by atoms with Crippen molar-refractivity contribution in [3.8, 4) is 0 Å². The Morgan fingerprint density at radius 3 is 2.91 bits per heavy atom. The number of hydrazine groups is 1. The molecule has 1 N–H and O–H groups in total. The van der Waals surface area contributed by atoms with Crippen molar-refractivity contribution in [3.63, 3.8) is 0 Å². The van der Waals surface area contributed by atoms with Gasteiger partial charge in [0.05, 0.1) is 22.4 Å². The Balaban J connectivity index is 2.90. The Hall–Kier alpha value is -0.0600. The lowest BCUT2D eigenvalue weighted by Gasteiger charge is -2.19. The molecular weight excluding hydrogens is 205 g/mol. The van der Waals surface area contributed by atoms with Crippen LogP contribution < -0.4 is 5.43 Å². The molecule has 0 spiro atoms. The van der Waals surface area contributed by atoms with Gasteiger partial charge >= 0.3 is 0 Å². The average Bonchev–Trinajstić information content (AvgIpc) is 1.96. The van der Waals surface area contributed by atoms with E-state index in [0.29, 0.717) is 10.1 Å². The second-order valence-corrected chi connectivity index (χ2v) is 3.08. The molecule has 0 fully saturated rings. The normalized spacial score (nSPS) is 18.2. The molecule has 6 heteroatoms. The molecule has 1 aliphatic rings. The standard InChI is InChI=1S/C5H7Cl2N3S/c1-2-3-4(11)5(6)9-10(7)8-3/h9,11H,2H2,1H3. The first kappa shape index (κ1) is 9.03. The molecule has 3 nitrogen and oxygen atoms in total. The van der Waals surface area contributed by atoms with E-state index in [1.165, 1.54) is 0 Å². The zero-order chi connectivity index (χ0) is 8.43. The van der Waals surface area contributed by atoms with Crippen LogP contribution >= 0.6 is 36.0 Å². The maximum Gasteiger partial charge on any atom is 0.138 e. The second kappa shape index (κ2) is 3.56. The number of hydrazone groups is 1. The van der Waals surface area contributed by atoms with Crippen LogP contribution in [0.15, 0.2) is 15.2 Å². The van der Waals surface area contributed by atoms with Crippen LogP contribution in [0.5, 0.6) is 0 Å². The predicted molar refractivity (Wildman–Crippen MR) is 50.4 cm³/mol. The van der Waals surface area contributed by atoms with Crippen LogP contribution in [-0.4, -0.2) is 10.3 Å². The highest BCUT2D eigenvalue weighted by Crippen LogP contribution is 2.20. The molecular formula is C5H7Cl2N3S. The Morgan fingerprint density at radius 1 is 1.73 bits per heavy atom. The van der Waals surface area contributed by atoms with Gasteiger partial charge in [0, 0.05) is 0 Å². The highest BCUT2D eigenvalue weighted by molar-refractivity contribution is 7.85. The fourth-order valence-corrected chi connectivity index (χ4v) is 1.34. The van der Waals surface area contributed by atoms with Gasteiger partial charge in [0.25, 0.3) is 0 Å². The molecule has 1 heterocycles. The number of allylic oxidation sites excluding steroid dienone is 1. The van der Waals surface area contributed by atoms with E-state index in [2.05, 4.69) is 23.2 Å². The zero-order valence-electron chi connectivity index (χ0n) is 5.80. The number of hydrogen-bond donors (Lipinski definition) is 2. The largest absolute Gasteiger partial charge is 0.255 e. The SMILES string of the molecule is CCC1=NN(Cl)NC(Cl)=C1S. The predicted octanol–water partition coefficient (Wildman–Crippen LogP) is 2.06. The maximum atomic E-state index is 5.72. The van der Waals surface area contributed by atoms with E-state index in [0.717, 1.165) is 16.8 Å². The Labute approximate surface area is 80.5 Å². The summed E-state index contributed by atoms with van der Waals surface area (Å²) in [4.78, 5) is 0.645. The molecule has 0 aliphatic carbocycles. The minimum absolute atomic E-state index is 0.398. The summed E-state index contributed by atoms with van der Waals surface area (Å²) in [5.41, 5.74) is 3.34. The third kappa shape index (κ3) is 1.95. The molecule has 0 saturated heterocycles. The van der Waals surface area contributed by atoms with Gasteiger partial charge in [-0.3, -0.25) is 5.43 Å². The van der Waals surface area contributed by atoms with Crippen molar-refractivity contribution >= 4 is 41.7 Å². The van der Waals surface area contributed by atoms with Crippen molar-refractivity contribution in [2.24, 2.45) is 5.10 Å². The summed E-state index contributed by atoms with van der Waals surface area (Å²) < 4.78 is 1.04. The molecule has 0 saturated carbocycles. The lowest BCUT2D eigenvalue weighted by Crippen LogP contribution is -2.29. The smallest absolute Gasteiger partial charge is 0.138 e. The molecule has 0 aromatic heterocycles. The summed E-state index contributed by atoms with van der Waals surface area (Å²) in [6, 6.07) is 0. The first-order valence-electron chi connectivity index (χ1n) is 3.04. The summed E-state index contributed by atoms with van der Waals surface area (Å²) in [7, 11) is 0. The van der Waals surface area contributed by atoms with Crippen LogP contribution in [0, 0.1) is 0 Å². The van der Waals surface area contributed by atoms with Crippen LogP contribution in [0.1, 0.15) is 13.3 Å². The lowest BCUT2D eigenvalue weighted by atomic mass is 10.3. The van der Waals surface area contributed by atoms with Crippen molar-refractivity contribution in [2.45, 2.75) is 13.3 Å². The molecule has 0 unspecified atom stereocenters. The lowest BCUT2D eigenvalue weighted by molar-refractivity contribution is 0.403. The molecule has 11 heavy (non-hydrogen) atoms. The molecule has 1 aliphatic heterocycles. The zero-order valence-corrected chi connectivity index (χ0v) is 8.21. The molecule has 0 aromatic rings. The molecule has 0 bridgehead atoms. The minimum Gasteiger partial charge on any atom is -0.255 e. The topological polar surface area (TPSA) is 27.6 Å². The maximum absolute atomic E-state index is 5.72. The van der Waals surface area contributed by atoms with Gasteiger partial charge in [-0.2, -0.15) is 0 Å². The van der Waals surface area contributed by atoms with Gasteiger partial charge in [-0.25, -0.2) is 0 Å². The van der Waals surface area contributed by atoms with Crippen molar-refractivity contribution < 1.29 is 0 Å². The Kier molecular flexibility index (Phi) is 2.92. The quantitative estimate of drug-likeness (QED) is 0.395. The van der Waals surface area contributed by atoms with Gasteiger partial charge in [0.15, 0.2) is 0 Å². The second-order valence-electron chi connectivity index (χ2n) is 1.93. The molecule has 0 amide bonds. The van der Waals surface area contributed by atoms with Crippen LogP contribution in [0.3, 0.4) is 0 Å². The summed E-state index contributed by atoms with van der Waals surface area (Å²) in [5.74, 6) is 0. The third-order valence-electron chi connectivity index (χ3n) is 1.22. The van der Waals surface area contributed by atoms with Gasteiger partial charge in [-0.1, -0.05) is 18.5 Å². The highest BCUT2D eigenvalue weighted by Gasteiger charge is 2.14. The van der Waals surface area contributed by atoms with Crippen LogP contribution in [0.4, 0.5) is 0 Å². The number of halogens is 2. The number of nitrogens with one attached hydrogen (secondary N) is 1. The average molecular weight is 212 g/mol. The van der Waals surface area contributed by atoms with E-state index in [1.807, 2.05) is 6.92 Å². The van der Waals surface area contributed by atoms with E-state index in [-0.39, 0.29) is 0 Å². The summed E-state index contributed by atoms with van der Waals surface area (Å²) in [6.45, 7) is 1.95. The Bertz CT molecular complexity index is 226. The summed E-state index contributed by atoms with van der Waals surface area (Å²) in [5, 5.41) is 4.32. The fraction of sp³-hybridized carbons (Fsp3) is 0.400. The summed E-state index contributed by atoms with van der Waals surface area (Å²) in [6.07, 6.45) is 0.750. The molecule has 1 rings (SSSR count). The van der Waals surface area contributed by atoms with E-state index < -0.39 is 0 Å². The van der Waals surface area contributed by atoms with E-state index in [4.69, 9.17) is 23.4 Å². The van der Waals surface area contributed by atoms with Crippen molar-refractivity contribution in [2.75, 3.05) is 0 Å². The molecule has 62 valence electrons. The van der Waals surface area contributed by atoms with Crippen molar-refractivity contribution in [3.05, 3.63) is 10.1 Å². The molecule has 0 aromatic carbocycles. The van der Waals surface area contributed by atoms with Gasteiger partial charge in [0.1, 0.15) is 5.16 Å². The monoisotopic (exact) mass is 211 g/mol. The van der Waals surface area contributed by atoms with Gasteiger partial charge in [-0.05, 0) is 6.42 Å². The van der Waals surface area contributed by atoms with Gasteiger partial charge < -0.3 is 0 Å². The first-order valence-corrected chi connectivity index (χ1v) is 4.20. The minimum atomic E-state index is 0.398.